The zero-order chi connectivity index (χ0) is 15.2. The minimum Gasteiger partial charge on any atom is -0.398 e. The van der Waals surface area contributed by atoms with Gasteiger partial charge in [-0.25, -0.2) is 13.1 Å². The number of hydrogen-bond donors (Lipinski definition) is 3. The summed E-state index contributed by atoms with van der Waals surface area (Å²) in [5.41, 5.74) is 7.27. The number of aryl methyl sites for hydroxylation is 1. The van der Waals surface area contributed by atoms with Crippen LogP contribution in [-0.4, -0.2) is 26.7 Å². The SMILES string of the molecule is CCc1ccc(S(=O)(=O)NCCCC(C)CO)cc1N. The Bertz CT molecular complexity index is 529. The van der Waals surface area contributed by atoms with Crippen LogP contribution in [0.2, 0.25) is 0 Å². The lowest BCUT2D eigenvalue weighted by atomic mass is 10.1. The highest BCUT2D eigenvalue weighted by molar-refractivity contribution is 7.89. The molecule has 114 valence electrons. The molecule has 20 heavy (non-hydrogen) atoms. The highest BCUT2D eigenvalue weighted by Gasteiger charge is 2.14. The third-order valence-corrected chi connectivity index (χ3v) is 4.74. The van der Waals surface area contributed by atoms with Gasteiger partial charge in [0.25, 0.3) is 0 Å². The second-order valence-electron chi connectivity index (χ2n) is 5.04. The average Bonchev–Trinajstić information content (AvgIpc) is 2.43. The van der Waals surface area contributed by atoms with Gasteiger partial charge in [-0.3, -0.25) is 0 Å². The number of nitrogens with one attached hydrogen (secondary N) is 1. The lowest BCUT2D eigenvalue weighted by molar-refractivity contribution is 0.228. The number of benzene rings is 1. The third kappa shape index (κ3) is 4.77. The third-order valence-electron chi connectivity index (χ3n) is 3.29. The van der Waals surface area contributed by atoms with Gasteiger partial charge in [-0.1, -0.05) is 19.9 Å². The van der Waals surface area contributed by atoms with Gasteiger partial charge in [-0.05, 0) is 42.9 Å². The molecule has 6 heteroatoms. The number of nitrogens with two attached hydrogens (primary N) is 1. The van der Waals surface area contributed by atoms with E-state index in [1.54, 1.807) is 12.1 Å². The maximum Gasteiger partial charge on any atom is 0.240 e. The molecule has 0 spiro atoms. The Labute approximate surface area is 121 Å². The van der Waals surface area contributed by atoms with Crippen LogP contribution in [0.4, 0.5) is 5.69 Å². The summed E-state index contributed by atoms with van der Waals surface area (Å²) in [6.45, 7) is 4.39. The zero-order valence-electron chi connectivity index (χ0n) is 12.1. The molecule has 1 atom stereocenters. The van der Waals surface area contributed by atoms with Crippen LogP contribution >= 0.6 is 0 Å². The Morgan fingerprint density at radius 2 is 2.10 bits per heavy atom. The summed E-state index contributed by atoms with van der Waals surface area (Å²) in [6, 6.07) is 4.82. The van der Waals surface area contributed by atoms with E-state index in [1.807, 2.05) is 13.8 Å². The maximum absolute atomic E-state index is 12.1. The molecule has 1 unspecified atom stereocenters. The molecule has 0 aliphatic carbocycles. The predicted molar refractivity (Wildman–Crippen MR) is 80.9 cm³/mol. The average molecular weight is 300 g/mol. The van der Waals surface area contributed by atoms with E-state index in [-0.39, 0.29) is 17.4 Å². The smallest absolute Gasteiger partial charge is 0.240 e. The molecule has 0 radical (unpaired) electrons. The largest absolute Gasteiger partial charge is 0.398 e. The van der Waals surface area contributed by atoms with E-state index in [0.29, 0.717) is 18.7 Å². The number of nitrogen functional groups attached to an aromatic ring is 1. The van der Waals surface area contributed by atoms with Crippen LogP contribution in [0, 0.1) is 5.92 Å². The van der Waals surface area contributed by atoms with Crippen LogP contribution in [0.1, 0.15) is 32.3 Å². The highest BCUT2D eigenvalue weighted by atomic mass is 32.2. The van der Waals surface area contributed by atoms with Gasteiger partial charge in [-0.2, -0.15) is 0 Å². The van der Waals surface area contributed by atoms with Gasteiger partial charge in [0.2, 0.25) is 10.0 Å². The number of hydrogen-bond acceptors (Lipinski definition) is 4. The monoisotopic (exact) mass is 300 g/mol. The summed E-state index contributed by atoms with van der Waals surface area (Å²) in [5, 5.41) is 8.90. The van der Waals surface area contributed by atoms with Crippen LogP contribution in [0.25, 0.3) is 0 Å². The lowest BCUT2D eigenvalue weighted by Crippen LogP contribution is -2.25. The molecule has 0 bridgehead atoms. The van der Waals surface area contributed by atoms with Crippen LogP contribution in [0.15, 0.2) is 23.1 Å². The topological polar surface area (TPSA) is 92.4 Å². The molecule has 0 saturated carbocycles. The van der Waals surface area contributed by atoms with Crippen molar-refractivity contribution in [3.63, 3.8) is 0 Å². The Morgan fingerprint density at radius 1 is 1.40 bits per heavy atom. The van der Waals surface area contributed by atoms with Crippen molar-refractivity contribution in [2.45, 2.75) is 38.0 Å². The van der Waals surface area contributed by atoms with Gasteiger partial charge in [-0.15, -0.1) is 0 Å². The first-order valence-corrected chi connectivity index (χ1v) is 8.38. The predicted octanol–water partition coefficient (Wildman–Crippen LogP) is 1.52. The Hall–Kier alpha value is -1.11. The summed E-state index contributed by atoms with van der Waals surface area (Å²) < 4.78 is 26.7. The molecule has 0 amide bonds. The van der Waals surface area contributed by atoms with Crippen molar-refractivity contribution in [1.82, 2.24) is 4.72 Å². The zero-order valence-corrected chi connectivity index (χ0v) is 12.9. The molecular formula is C14H24N2O3S. The first-order chi connectivity index (χ1) is 9.40. The highest BCUT2D eigenvalue weighted by Crippen LogP contribution is 2.18. The minimum atomic E-state index is -3.50. The van der Waals surface area contributed by atoms with Crippen LogP contribution in [0.3, 0.4) is 0 Å². The summed E-state index contributed by atoms with van der Waals surface area (Å²) in [6.07, 6.45) is 2.26. The molecule has 1 rings (SSSR count). The van der Waals surface area contributed by atoms with Crippen LogP contribution in [-0.2, 0) is 16.4 Å². The van der Waals surface area contributed by atoms with Gasteiger partial charge in [0.1, 0.15) is 0 Å². The van der Waals surface area contributed by atoms with Crippen LogP contribution < -0.4 is 10.5 Å². The number of rotatable bonds is 8. The van der Waals surface area contributed by atoms with Crippen molar-refractivity contribution in [3.8, 4) is 0 Å². The van der Waals surface area contributed by atoms with E-state index in [4.69, 9.17) is 10.8 Å². The van der Waals surface area contributed by atoms with Crippen molar-refractivity contribution in [2.24, 2.45) is 5.92 Å². The van der Waals surface area contributed by atoms with Gasteiger partial charge in [0, 0.05) is 18.8 Å². The fraction of sp³-hybridized carbons (Fsp3) is 0.571. The Morgan fingerprint density at radius 3 is 2.65 bits per heavy atom. The van der Waals surface area contributed by atoms with E-state index in [2.05, 4.69) is 4.72 Å². The van der Waals surface area contributed by atoms with E-state index < -0.39 is 10.0 Å². The van der Waals surface area contributed by atoms with Crippen molar-refractivity contribution in [1.29, 1.82) is 0 Å². The van der Waals surface area contributed by atoms with E-state index >= 15 is 0 Å². The van der Waals surface area contributed by atoms with Gasteiger partial charge < -0.3 is 10.8 Å². The first kappa shape index (κ1) is 16.9. The summed E-state index contributed by atoms with van der Waals surface area (Å²) in [4.78, 5) is 0.197. The van der Waals surface area contributed by atoms with Gasteiger partial charge >= 0.3 is 0 Å². The second-order valence-corrected chi connectivity index (χ2v) is 6.81. The molecule has 0 aliphatic rings. The lowest BCUT2D eigenvalue weighted by Gasteiger charge is -2.10. The number of sulfonamides is 1. The standard InChI is InChI=1S/C14H24N2O3S/c1-3-12-6-7-13(9-14(12)15)20(18,19)16-8-4-5-11(2)10-17/h6-7,9,11,16-17H,3-5,8,10,15H2,1-2H3. The molecule has 0 aromatic heterocycles. The Balaban J connectivity index is 2.62. The van der Waals surface area contributed by atoms with Crippen molar-refractivity contribution >= 4 is 15.7 Å². The fourth-order valence-electron chi connectivity index (χ4n) is 1.89. The van der Waals surface area contributed by atoms with Crippen molar-refractivity contribution in [3.05, 3.63) is 23.8 Å². The van der Waals surface area contributed by atoms with E-state index in [1.165, 1.54) is 6.07 Å². The fourth-order valence-corrected chi connectivity index (χ4v) is 3.00. The molecule has 0 saturated heterocycles. The maximum atomic E-state index is 12.1. The first-order valence-electron chi connectivity index (χ1n) is 6.89. The quantitative estimate of drug-likeness (QED) is 0.501. The molecule has 1 aromatic rings. The van der Waals surface area contributed by atoms with E-state index in [0.717, 1.165) is 18.4 Å². The van der Waals surface area contributed by atoms with Gasteiger partial charge in [0.05, 0.1) is 4.90 Å². The normalized spacial score (nSPS) is 13.3. The molecule has 5 nitrogen and oxygen atoms in total. The van der Waals surface area contributed by atoms with Crippen molar-refractivity contribution in [2.75, 3.05) is 18.9 Å². The molecule has 0 aliphatic heterocycles. The molecule has 1 aromatic carbocycles. The van der Waals surface area contributed by atoms with Crippen LogP contribution in [0.5, 0.6) is 0 Å². The number of aliphatic hydroxyl groups is 1. The van der Waals surface area contributed by atoms with Gasteiger partial charge in [0.15, 0.2) is 0 Å². The minimum absolute atomic E-state index is 0.127. The molecule has 0 fully saturated rings. The summed E-state index contributed by atoms with van der Waals surface area (Å²) in [5.74, 6) is 0.194. The molecular weight excluding hydrogens is 276 g/mol. The summed E-state index contributed by atoms with van der Waals surface area (Å²) >= 11 is 0. The molecule has 4 N–H and O–H groups in total. The second kappa shape index (κ2) is 7.61. The number of anilines is 1. The summed E-state index contributed by atoms with van der Waals surface area (Å²) in [7, 11) is -3.50. The number of aliphatic hydroxyl groups excluding tert-OH is 1. The Kier molecular flexibility index (Phi) is 6.45. The van der Waals surface area contributed by atoms with Crippen molar-refractivity contribution < 1.29 is 13.5 Å². The molecule has 0 heterocycles. The van der Waals surface area contributed by atoms with E-state index in [9.17, 15) is 8.42 Å².